The Morgan fingerprint density at radius 1 is 1.56 bits per heavy atom. The molecule has 0 aliphatic heterocycles. The lowest BCUT2D eigenvalue weighted by Crippen LogP contribution is -2.27. The van der Waals surface area contributed by atoms with Gasteiger partial charge in [-0.25, -0.2) is 0 Å². The molecule has 1 aromatic heterocycles. The fraction of sp³-hybridized carbons (Fsp3) is 0.667. The van der Waals surface area contributed by atoms with Gasteiger partial charge in [0, 0.05) is 12.7 Å². The highest BCUT2D eigenvalue weighted by Crippen LogP contribution is 2.07. The lowest BCUT2D eigenvalue weighted by atomic mass is 10.3. The summed E-state index contributed by atoms with van der Waals surface area (Å²) in [6.07, 6.45) is 3.49. The van der Waals surface area contributed by atoms with Gasteiger partial charge < -0.3 is 15.3 Å². The molecule has 1 atom stereocenters. The van der Waals surface area contributed by atoms with Gasteiger partial charge in [-0.1, -0.05) is 13.8 Å². The van der Waals surface area contributed by atoms with Crippen molar-refractivity contribution < 1.29 is 9.90 Å². The Hall–Kier alpha value is -1.56. The highest BCUT2D eigenvalue weighted by atomic mass is 16.4. The molecule has 1 aromatic rings. The number of aromatic nitrogens is 2. The molecule has 0 aliphatic rings. The molecule has 0 saturated carbocycles. The summed E-state index contributed by atoms with van der Waals surface area (Å²) in [5.74, 6) is -0.870. The van der Waals surface area contributed by atoms with Gasteiger partial charge >= 0.3 is 5.97 Å². The number of nitrogens with zero attached hydrogens (tertiary/aromatic N) is 3. The van der Waals surface area contributed by atoms with Crippen LogP contribution in [0.25, 0.3) is 0 Å². The monoisotopic (exact) mass is 254 g/mol. The van der Waals surface area contributed by atoms with Gasteiger partial charge in [0.15, 0.2) is 0 Å². The number of rotatable bonds is 8. The number of hydrogen-bond donors (Lipinski definition) is 2. The van der Waals surface area contributed by atoms with Crippen LogP contribution >= 0.6 is 0 Å². The zero-order chi connectivity index (χ0) is 13.5. The first kappa shape index (κ1) is 14.5. The Morgan fingerprint density at radius 2 is 2.22 bits per heavy atom. The summed E-state index contributed by atoms with van der Waals surface area (Å²) in [6.45, 7) is 9.68. The third-order valence-electron chi connectivity index (χ3n) is 2.93. The Bertz CT molecular complexity index is 374. The number of likely N-dealkylation sites (N-methyl/N-ethyl adjacent to an activating group) is 1. The van der Waals surface area contributed by atoms with Gasteiger partial charge in [-0.05, 0) is 20.0 Å². The fourth-order valence-corrected chi connectivity index (χ4v) is 1.66. The Balaban J connectivity index is 2.45. The Kier molecular flexibility index (Phi) is 5.64. The molecule has 0 aliphatic carbocycles. The number of hydrogen-bond acceptors (Lipinski definition) is 4. The Morgan fingerprint density at radius 3 is 2.78 bits per heavy atom. The second-order valence-corrected chi connectivity index (χ2v) is 4.22. The van der Waals surface area contributed by atoms with E-state index in [1.54, 1.807) is 13.1 Å². The summed E-state index contributed by atoms with van der Waals surface area (Å²) in [7, 11) is 0. The molecule has 2 N–H and O–H groups in total. The molecule has 0 amide bonds. The fourth-order valence-electron chi connectivity index (χ4n) is 1.66. The molecule has 6 heteroatoms. The van der Waals surface area contributed by atoms with Crippen LogP contribution in [0.15, 0.2) is 12.4 Å². The van der Waals surface area contributed by atoms with Crippen molar-refractivity contribution in [3.8, 4) is 0 Å². The van der Waals surface area contributed by atoms with E-state index in [1.807, 2.05) is 10.9 Å². The van der Waals surface area contributed by atoms with E-state index in [0.717, 1.165) is 31.9 Å². The van der Waals surface area contributed by atoms with Crippen LogP contribution in [0.4, 0.5) is 5.69 Å². The summed E-state index contributed by atoms with van der Waals surface area (Å²) in [5.41, 5.74) is 0.740. The molecule has 18 heavy (non-hydrogen) atoms. The topological polar surface area (TPSA) is 70.4 Å². The van der Waals surface area contributed by atoms with Crippen molar-refractivity contribution >= 4 is 11.7 Å². The molecule has 0 saturated heterocycles. The smallest absolute Gasteiger partial charge is 0.325 e. The summed E-state index contributed by atoms with van der Waals surface area (Å²) in [5, 5.41) is 15.9. The van der Waals surface area contributed by atoms with Crippen molar-refractivity contribution in [1.29, 1.82) is 0 Å². The van der Waals surface area contributed by atoms with E-state index in [1.165, 1.54) is 0 Å². The third-order valence-corrected chi connectivity index (χ3v) is 2.93. The molecule has 1 heterocycles. The molecule has 0 fully saturated rings. The average molecular weight is 254 g/mol. The van der Waals surface area contributed by atoms with Crippen LogP contribution in [0.1, 0.15) is 20.8 Å². The van der Waals surface area contributed by atoms with Gasteiger partial charge in [-0.15, -0.1) is 0 Å². The number of nitrogens with one attached hydrogen (secondary N) is 1. The van der Waals surface area contributed by atoms with Gasteiger partial charge in [-0.3, -0.25) is 9.48 Å². The zero-order valence-electron chi connectivity index (χ0n) is 11.3. The van der Waals surface area contributed by atoms with Crippen LogP contribution in [-0.2, 0) is 11.3 Å². The first-order valence-corrected chi connectivity index (χ1v) is 6.31. The lowest BCUT2D eigenvalue weighted by molar-refractivity contribution is -0.137. The molecule has 1 rings (SSSR count). The lowest BCUT2D eigenvalue weighted by Gasteiger charge is -2.17. The molecule has 1 unspecified atom stereocenters. The van der Waals surface area contributed by atoms with E-state index in [-0.39, 0.29) is 0 Å². The van der Waals surface area contributed by atoms with E-state index < -0.39 is 12.0 Å². The number of aliphatic carboxylic acids is 1. The van der Waals surface area contributed by atoms with E-state index in [2.05, 4.69) is 29.2 Å². The van der Waals surface area contributed by atoms with Crippen LogP contribution in [-0.4, -0.2) is 51.4 Å². The SMILES string of the molecule is CCN(CC)CCn1cc(NC(C)C(=O)O)cn1. The van der Waals surface area contributed by atoms with E-state index in [0.29, 0.717) is 0 Å². The van der Waals surface area contributed by atoms with E-state index in [9.17, 15) is 4.79 Å². The van der Waals surface area contributed by atoms with Crippen LogP contribution in [0, 0.1) is 0 Å². The first-order valence-electron chi connectivity index (χ1n) is 6.31. The van der Waals surface area contributed by atoms with Gasteiger partial charge in [-0.2, -0.15) is 5.10 Å². The van der Waals surface area contributed by atoms with Crippen molar-refractivity contribution in [3.63, 3.8) is 0 Å². The normalized spacial score (nSPS) is 12.7. The summed E-state index contributed by atoms with van der Waals surface area (Å²) in [6, 6.07) is -0.606. The van der Waals surface area contributed by atoms with E-state index >= 15 is 0 Å². The molecular weight excluding hydrogens is 232 g/mol. The van der Waals surface area contributed by atoms with Gasteiger partial charge in [0.25, 0.3) is 0 Å². The minimum atomic E-state index is -0.870. The van der Waals surface area contributed by atoms with Gasteiger partial charge in [0.05, 0.1) is 18.4 Å². The summed E-state index contributed by atoms with van der Waals surface area (Å²) >= 11 is 0. The number of carboxylic acids is 1. The molecule has 0 spiro atoms. The van der Waals surface area contributed by atoms with Crippen molar-refractivity contribution in [2.24, 2.45) is 0 Å². The first-order chi connectivity index (χ1) is 8.56. The summed E-state index contributed by atoms with van der Waals surface area (Å²) < 4.78 is 1.83. The molecular formula is C12H22N4O2. The van der Waals surface area contributed by atoms with Crippen LogP contribution in [0.3, 0.4) is 0 Å². The summed E-state index contributed by atoms with van der Waals surface area (Å²) in [4.78, 5) is 13.0. The van der Waals surface area contributed by atoms with Crippen molar-refractivity contribution in [3.05, 3.63) is 12.4 Å². The predicted octanol–water partition coefficient (Wildman–Crippen LogP) is 1.11. The number of carboxylic acid groups (broad SMARTS) is 1. The maximum atomic E-state index is 10.7. The molecule has 102 valence electrons. The van der Waals surface area contributed by atoms with Gasteiger partial charge in [0.2, 0.25) is 0 Å². The largest absolute Gasteiger partial charge is 0.480 e. The average Bonchev–Trinajstić information content (AvgIpc) is 2.78. The maximum absolute atomic E-state index is 10.7. The second-order valence-electron chi connectivity index (χ2n) is 4.22. The van der Waals surface area contributed by atoms with Crippen molar-refractivity contribution in [1.82, 2.24) is 14.7 Å². The van der Waals surface area contributed by atoms with Crippen LogP contribution in [0.5, 0.6) is 0 Å². The van der Waals surface area contributed by atoms with Gasteiger partial charge in [0.1, 0.15) is 6.04 Å². The van der Waals surface area contributed by atoms with E-state index in [4.69, 9.17) is 5.11 Å². The minimum Gasteiger partial charge on any atom is -0.480 e. The maximum Gasteiger partial charge on any atom is 0.325 e. The molecule has 6 nitrogen and oxygen atoms in total. The second kappa shape index (κ2) is 7.00. The zero-order valence-corrected chi connectivity index (χ0v) is 11.3. The standard InChI is InChI=1S/C12H22N4O2/c1-4-15(5-2)6-7-16-9-11(8-13-16)14-10(3)12(17)18/h8-10,14H,4-7H2,1-3H3,(H,17,18). The molecule has 0 radical (unpaired) electrons. The highest BCUT2D eigenvalue weighted by Gasteiger charge is 2.11. The number of anilines is 1. The van der Waals surface area contributed by atoms with Crippen LogP contribution in [0.2, 0.25) is 0 Å². The number of carbonyl (C=O) groups is 1. The predicted molar refractivity (Wildman–Crippen MR) is 70.7 cm³/mol. The highest BCUT2D eigenvalue weighted by molar-refractivity contribution is 5.76. The van der Waals surface area contributed by atoms with Crippen LogP contribution < -0.4 is 5.32 Å². The van der Waals surface area contributed by atoms with Crippen molar-refractivity contribution in [2.75, 3.05) is 25.0 Å². The minimum absolute atomic E-state index is 0.606. The quantitative estimate of drug-likeness (QED) is 0.727. The third kappa shape index (κ3) is 4.37. The molecule has 0 bridgehead atoms. The molecule has 0 aromatic carbocycles. The van der Waals surface area contributed by atoms with Crippen molar-refractivity contribution in [2.45, 2.75) is 33.4 Å². The Labute approximate surface area is 108 Å².